The van der Waals surface area contributed by atoms with Gasteiger partial charge in [0.05, 0.1) is 18.6 Å². The van der Waals surface area contributed by atoms with Crippen LogP contribution >= 0.6 is 0 Å². The first-order valence-corrected chi connectivity index (χ1v) is 10.1. The second-order valence-corrected chi connectivity index (χ2v) is 7.99. The van der Waals surface area contributed by atoms with E-state index in [1.165, 1.54) is 0 Å². The maximum absolute atomic E-state index is 13.6. The van der Waals surface area contributed by atoms with Gasteiger partial charge in [-0.1, -0.05) is 56.3 Å². The third-order valence-electron chi connectivity index (χ3n) is 5.64. The smallest absolute Gasteiger partial charge is 0.231 e. The van der Waals surface area contributed by atoms with Gasteiger partial charge in [0.2, 0.25) is 5.91 Å². The van der Waals surface area contributed by atoms with Gasteiger partial charge < -0.3 is 14.8 Å². The van der Waals surface area contributed by atoms with E-state index < -0.39 is 5.41 Å². The zero-order valence-corrected chi connectivity index (χ0v) is 17.1. The number of ether oxygens (including phenoxy) is 2. The van der Waals surface area contributed by atoms with E-state index >= 15 is 0 Å². The van der Waals surface area contributed by atoms with Gasteiger partial charge in [-0.15, -0.1) is 0 Å². The Labute approximate surface area is 168 Å². The van der Waals surface area contributed by atoms with Crippen LogP contribution in [0.15, 0.2) is 54.6 Å². The van der Waals surface area contributed by atoms with Gasteiger partial charge in [-0.3, -0.25) is 4.79 Å². The zero-order chi connectivity index (χ0) is 20.0. The maximum Gasteiger partial charge on any atom is 0.231 e. The lowest BCUT2D eigenvalue weighted by Crippen LogP contribution is -2.49. The monoisotopic (exact) mass is 381 g/mol. The van der Waals surface area contributed by atoms with Crippen molar-refractivity contribution < 1.29 is 14.3 Å². The van der Waals surface area contributed by atoms with Crippen LogP contribution in [0.4, 0.5) is 0 Å². The van der Waals surface area contributed by atoms with Gasteiger partial charge in [-0.05, 0) is 48.4 Å². The molecule has 28 heavy (non-hydrogen) atoms. The van der Waals surface area contributed by atoms with Crippen LogP contribution in [0.3, 0.4) is 0 Å². The fourth-order valence-corrected chi connectivity index (χ4v) is 4.01. The molecule has 1 N–H and O–H groups in total. The van der Waals surface area contributed by atoms with E-state index in [2.05, 4.69) is 31.3 Å². The largest absolute Gasteiger partial charge is 0.497 e. The van der Waals surface area contributed by atoms with Gasteiger partial charge in [0.1, 0.15) is 5.75 Å². The first-order chi connectivity index (χ1) is 13.5. The van der Waals surface area contributed by atoms with Crippen molar-refractivity contribution in [3.05, 3.63) is 65.7 Å². The van der Waals surface area contributed by atoms with Gasteiger partial charge in [-0.25, -0.2) is 0 Å². The molecule has 0 aromatic heterocycles. The first-order valence-electron chi connectivity index (χ1n) is 10.1. The molecule has 2 aromatic rings. The number of amides is 1. The lowest BCUT2D eigenvalue weighted by molar-refractivity contribution is -0.131. The molecule has 0 radical (unpaired) electrons. The van der Waals surface area contributed by atoms with Crippen LogP contribution in [-0.4, -0.2) is 26.2 Å². The lowest BCUT2D eigenvalue weighted by atomic mass is 9.73. The minimum Gasteiger partial charge on any atom is -0.497 e. The minimum atomic E-state index is -0.527. The molecule has 2 aromatic carbocycles. The standard InChI is InChI=1S/C24H31NO3/c1-18(2)17-22(19-9-11-21(27-3)12-10-19)25-23(26)24(13-15-28-16-14-24)20-7-5-4-6-8-20/h4-12,18,22H,13-17H2,1-3H3,(H,25,26). The molecule has 0 saturated carbocycles. The maximum atomic E-state index is 13.6. The molecule has 1 atom stereocenters. The molecule has 1 heterocycles. The molecule has 1 unspecified atom stereocenters. The Morgan fingerprint density at radius 2 is 1.71 bits per heavy atom. The summed E-state index contributed by atoms with van der Waals surface area (Å²) in [5.74, 6) is 1.39. The summed E-state index contributed by atoms with van der Waals surface area (Å²) in [7, 11) is 1.66. The van der Waals surface area contributed by atoms with Crippen molar-refractivity contribution in [1.29, 1.82) is 0 Å². The highest BCUT2D eigenvalue weighted by Gasteiger charge is 2.42. The van der Waals surface area contributed by atoms with Gasteiger partial charge in [0.25, 0.3) is 0 Å². The molecule has 150 valence electrons. The fourth-order valence-electron chi connectivity index (χ4n) is 4.01. The molecule has 0 bridgehead atoms. The third-order valence-corrected chi connectivity index (χ3v) is 5.64. The molecule has 4 heteroatoms. The Kier molecular flexibility index (Phi) is 6.74. The summed E-state index contributed by atoms with van der Waals surface area (Å²) in [6.45, 7) is 5.59. The van der Waals surface area contributed by atoms with E-state index in [0.717, 1.165) is 23.3 Å². The third kappa shape index (κ3) is 4.56. The molecule has 0 spiro atoms. The number of rotatable bonds is 7. The van der Waals surface area contributed by atoms with Gasteiger partial charge in [0.15, 0.2) is 0 Å². The van der Waals surface area contributed by atoms with E-state index in [0.29, 0.717) is 32.0 Å². The van der Waals surface area contributed by atoms with E-state index in [9.17, 15) is 4.79 Å². The molecule has 4 nitrogen and oxygen atoms in total. The number of methoxy groups -OCH3 is 1. The van der Waals surface area contributed by atoms with E-state index in [-0.39, 0.29) is 11.9 Å². The van der Waals surface area contributed by atoms with Crippen molar-refractivity contribution in [1.82, 2.24) is 5.32 Å². The summed E-state index contributed by atoms with van der Waals surface area (Å²) in [5.41, 5.74) is 1.66. The highest BCUT2D eigenvalue weighted by atomic mass is 16.5. The molecule has 1 saturated heterocycles. The number of carbonyl (C=O) groups excluding carboxylic acids is 1. The lowest BCUT2D eigenvalue weighted by Gasteiger charge is -2.37. The number of benzene rings is 2. The molecular formula is C24H31NO3. The normalized spacial score (nSPS) is 17.1. The Morgan fingerprint density at radius 1 is 1.07 bits per heavy atom. The number of carbonyl (C=O) groups is 1. The number of hydrogen-bond donors (Lipinski definition) is 1. The molecule has 1 fully saturated rings. The average Bonchev–Trinajstić information content (AvgIpc) is 2.74. The number of nitrogens with one attached hydrogen (secondary N) is 1. The van der Waals surface area contributed by atoms with Gasteiger partial charge in [0, 0.05) is 13.2 Å². The highest BCUT2D eigenvalue weighted by Crippen LogP contribution is 2.36. The Balaban J connectivity index is 1.88. The Morgan fingerprint density at radius 3 is 2.29 bits per heavy atom. The topological polar surface area (TPSA) is 47.6 Å². The minimum absolute atomic E-state index is 0.0261. The summed E-state index contributed by atoms with van der Waals surface area (Å²) >= 11 is 0. The fraction of sp³-hybridized carbons (Fsp3) is 0.458. The summed E-state index contributed by atoms with van der Waals surface area (Å²) in [5, 5.41) is 3.38. The molecular weight excluding hydrogens is 350 g/mol. The van der Waals surface area contributed by atoms with Crippen LogP contribution in [-0.2, 0) is 14.9 Å². The van der Waals surface area contributed by atoms with Gasteiger partial charge in [-0.2, -0.15) is 0 Å². The SMILES string of the molecule is COc1ccc(C(CC(C)C)NC(=O)C2(c3ccccc3)CCOCC2)cc1. The van der Waals surface area contributed by atoms with Crippen LogP contribution in [0.1, 0.15) is 50.3 Å². The van der Waals surface area contributed by atoms with E-state index in [1.807, 2.05) is 42.5 Å². The predicted octanol–water partition coefficient (Wildman–Crippen LogP) is 4.65. The molecule has 1 amide bonds. The first kappa shape index (κ1) is 20.4. The summed E-state index contributed by atoms with van der Waals surface area (Å²) in [6, 6.07) is 18.1. The molecule has 1 aliphatic rings. The Hall–Kier alpha value is -2.33. The quantitative estimate of drug-likeness (QED) is 0.760. The second-order valence-electron chi connectivity index (χ2n) is 7.99. The van der Waals surface area contributed by atoms with Crippen molar-refractivity contribution in [3.63, 3.8) is 0 Å². The number of hydrogen-bond acceptors (Lipinski definition) is 3. The Bertz CT molecular complexity index is 749. The molecule has 3 rings (SSSR count). The van der Waals surface area contributed by atoms with Crippen LogP contribution in [0.25, 0.3) is 0 Å². The summed E-state index contributed by atoms with van der Waals surface area (Å²) in [6.07, 6.45) is 2.30. The van der Waals surface area contributed by atoms with Crippen molar-refractivity contribution in [2.75, 3.05) is 20.3 Å². The van der Waals surface area contributed by atoms with Crippen LogP contribution in [0.5, 0.6) is 5.75 Å². The summed E-state index contributed by atoms with van der Waals surface area (Å²) < 4.78 is 10.9. The van der Waals surface area contributed by atoms with Crippen molar-refractivity contribution in [2.45, 2.75) is 44.6 Å². The van der Waals surface area contributed by atoms with Crippen LogP contribution < -0.4 is 10.1 Å². The summed E-state index contributed by atoms with van der Waals surface area (Å²) in [4.78, 5) is 13.6. The highest BCUT2D eigenvalue weighted by molar-refractivity contribution is 5.88. The zero-order valence-electron chi connectivity index (χ0n) is 17.1. The predicted molar refractivity (Wildman–Crippen MR) is 112 cm³/mol. The van der Waals surface area contributed by atoms with E-state index in [4.69, 9.17) is 9.47 Å². The van der Waals surface area contributed by atoms with Crippen molar-refractivity contribution >= 4 is 5.91 Å². The average molecular weight is 382 g/mol. The molecule has 1 aliphatic heterocycles. The second kappa shape index (κ2) is 9.24. The van der Waals surface area contributed by atoms with Crippen LogP contribution in [0, 0.1) is 5.92 Å². The van der Waals surface area contributed by atoms with E-state index in [1.54, 1.807) is 7.11 Å². The molecule has 0 aliphatic carbocycles. The van der Waals surface area contributed by atoms with Crippen LogP contribution in [0.2, 0.25) is 0 Å². The van der Waals surface area contributed by atoms with Gasteiger partial charge >= 0.3 is 0 Å². The van der Waals surface area contributed by atoms with Crippen molar-refractivity contribution in [3.8, 4) is 5.75 Å². The van der Waals surface area contributed by atoms with Crippen molar-refractivity contribution in [2.24, 2.45) is 5.92 Å².